The molecule has 2 saturated heterocycles. The van der Waals surface area contributed by atoms with Crippen LogP contribution in [-0.2, 0) is 43.2 Å². The molecular weight excluding hydrogens is 730 g/mol. The van der Waals surface area contributed by atoms with Crippen molar-refractivity contribution in [3.05, 3.63) is 58.5 Å². The third-order valence-electron chi connectivity index (χ3n) is 11.4. The van der Waals surface area contributed by atoms with Gasteiger partial charge >= 0.3 is 18.2 Å². The number of hydrogen-bond donors (Lipinski definition) is 2. The minimum absolute atomic E-state index is 0.199. The first-order valence-electron chi connectivity index (χ1n) is 19.9. The fourth-order valence-corrected chi connectivity index (χ4v) is 8.53. The number of imidazole rings is 1. The molecule has 7 rings (SSSR count). The molecule has 1 aliphatic carbocycles. The van der Waals surface area contributed by atoms with Gasteiger partial charge in [0.05, 0.1) is 24.5 Å². The molecule has 0 saturated carbocycles. The number of aryl methyl sites for hydroxylation is 2. The number of carbonyl (C=O) groups is 5. The average Bonchev–Trinajstić information content (AvgIpc) is 3.90. The van der Waals surface area contributed by atoms with E-state index in [0.717, 1.165) is 70.0 Å². The Hall–Kier alpha value is -5.40. The fraction of sp³-hybridized carbons (Fsp3) is 0.535. The summed E-state index contributed by atoms with van der Waals surface area (Å²) in [5.41, 5.74) is 6.63. The summed E-state index contributed by atoms with van der Waals surface area (Å²) >= 11 is 0. The molecule has 304 valence electrons. The predicted octanol–water partition coefficient (Wildman–Crippen LogP) is 6.54. The number of amides is 3. The van der Waals surface area contributed by atoms with Gasteiger partial charge in [0, 0.05) is 29.3 Å². The van der Waals surface area contributed by atoms with Gasteiger partial charge in [0.2, 0.25) is 5.91 Å². The first-order valence-corrected chi connectivity index (χ1v) is 19.9. The van der Waals surface area contributed by atoms with Crippen LogP contribution in [-0.4, -0.2) is 93.6 Å². The number of alkyl carbamates (subject to hydrolysis) is 1. The van der Waals surface area contributed by atoms with Crippen LogP contribution in [0.2, 0.25) is 0 Å². The fourth-order valence-electron chi connectivity index (χ4n) is 8.53. The molecule has 14 heteroatoms. The number of likely N-dealkylation sites (tertiary alicyclic amines) is 2. The summed E-state index contributed by atoms with van der Waals surface area (Å²) in [4.78, 5) is 77.2. The van der Waals surface area contributed by atoms with Gasteiger partial charge in [-0.3, -0.25) is 14.5 Å². The van der Waals surface area contributed by atoms with Crippen LogP contribution >= 0.6 is 0 Å². The highest BCUT2D eigenvalue weighted by Crippen LogP contribution is 2.45. The second-order valence-electron chi connectivity index (χ2n) is 17.2. The Morgan fingerprint density at radius 2 is 1.77 bits per heavy atom. The maximum Gasteiger partial charge on any atom is 0.410 e. The first kappa shape index (κ1) is 39.8. The van der Waals surface area contributed by atoms with E-state index in [-0.39, 0.29) is 36.5 Å². The molecule has 5 atom stereocenters. The molecule has 2 N–H and O–H groups in total. The van der Waals surface area contributed by atoms with Crippen molar-refractivity contribution in [1.29, 1.82) is 0 Å². The summed E-state index contributed by atoms with van der Waals surface area (Å²) in [7, 11) is 1.22. The molecule has 2 aromatic carbocycles. The monoisotopic (exact) mass is 783 g/mol. The summed E-state index contributed by atoms with van der Waals surface area (Å²) in [5, 5.41) is 2.58. The Morgan fingerprint density at radius 3 is 2.49 bits per heavy atom. The standard InChI is InChI=1S/C43H53N5O9/c1-22(2)36(46-41(52)54-8)39(50)48-24(4)9-14-32(48)40(51)56-21-34(49)26-10-12-28-27(16-26)20-55-35-18-29-25(17-30(28)35)11-13-31-37(29)45-38(44-31)33-15-23(3)19-47(33)42(53)57-43(5,6)7/h10,12,16-18,22-24,32-33,36H,9,11,13-15,19-21H2,1-8H3,(H,44,45)(H,46,52)/t23-,24-,32-,33-,36-/m0/s1. The number of aromatic nitrogens is 2. The van der Waals surface area contributed by atoms with Crippen molar-refractivity contribution in [2.24, 2.45) is 11.8 Å². The number of Topliss-reactive ketones (excluding diaryl/α,β-unsaturated/α-hetero) is 1. The second-order valence-corrected chi connectivity index (χ2v) is 17.2. The molecule has 1 aromatic heterocycles. The maximum absolute atomic E-state index is 13.6. The van der Waals surface area contributed by atoms with E-state index in [2.05, 4.69) is 29.4 Å². The number of rotatable bonds is 8. The van der Waals surface area contributed by atoms with Crippen molar-refractivity contribution in [3.8, 4) is 28.1 Å². The van der Waals surface area contributed by atoms with Crippen LogP contribution in [0.15, 0.2) is 30.3 Å². The van der Waals surface area contributed by atoms with Crippen molar-refractivity contribution in [2.75, 3.05) is 20.3 Å². The molecule has 4 heterocycles. The van der Waals surface area contributed by atoms with Crippen LogP contribution in [0.3, 0.4) is 0 Å². The number of fused-ring (bicyclic) bond motifs is 6. The van der Waals surface area contributed by atoms with E-state index in [9.17, 15) is 24.0 Å². The maximum atomic E-state index is 13.6. The Morgan fingerprint density at radius 1 is 1.00 bits per heavy atom. The molecule has 2 fully saturated rings. The molecule has 57 heavy (non-hydrogen) atoms. The molecule has 3 amide bonds. The van der Waals surface area contributed by atoms with Gasteiger partial charge in [-0.1, -0.05) is 32.9 Å². The van der Waals surface area contributed by atoms with Crippen LogP contribution in [0.4, 0.5) is 9.59 Å². The largest absolute Gasteiger partial charge is 0.488 e. The van der Waals surface area contributed by atoms with E-state index in [1.54, 1.807) is 30.9 Å². The molecule has 14 nitrogen and oxygen atoms in total. The van der Waals surface area contributed by atoms with Crippen LogP contribution in [0.25, 0.3) is 22.4 Å². The minimum atomic E-state index is -0.886. The van der Waals surface area contributed by atoms with Gasteiger partial charge in [-0.25, -0.2) is 19.4 Å². The van der Waals surface area contributed by atoms with Crippen molar-refractivity contribution in [1.82, 2.24) is 25.1 Å². The third kappa shape index (κ3) is 7.95. The number of esters is 1. The lowest BCUT2D eigenvalue weighted by atomic mass is 9.86. The third-order valence-corrected chi connectivity index (χ3v) is 11.4. The average molecular weight is 784 g/mol. The Balaban J connectivity index is 1.04. The number of H-pyrrole nitrogens is 1. The van der Waals surface area contributed by atoms with Gasteiger partial charge in [-0.05, 0) is 107 Å². The van der Waals surface area contributed by atoms with Crippen molar-refractivity contribution >= 4 is 29.8 Å². The molecule has 3 aliphatic heterocycles. The summed E-state index contributed by atoms with van der Waals surface area (Å²) in [5.74, 6) is 0.131. The van der Waals surface area contributed by atoms with E-state index in [1.807, 2.05) is 33.8 Å². The Kier molecular flexibility index (Phi) is 10.8. The predicted molar refractivity (Wildman–Crippen MR) is 209 cm³/mol. The topological polar surface area (TPSA) is 169 Å². The summed E-state index contributed by atoms with van der Waals surface area (Å²) in [6.07, 6.45) is 2.24. The van der Waals surface area contributed by atoms with Gasteiger partial charge in [0.25, 0.3) is 0 Å². The van der Waals surface area contributed by atoms with Gasteiger partial charge in [0.1, 0.15) is 35.9 Å². The van der Waals surface area contributed by atoms with Crippen molar-refractivity contribution < 1.29 is 42.9 Å². The van der Waals surface area contributed by atoms with Gasteiger partial charge in [0.15, 0.2) is 12.4 Å². The zero-order valence-corrected chi connectivity index (χ0v) is 34.0. The van der Waals surface area contributed by atoms with Gasteiger partial charge in [-0.2, -0.15) is 0 Å². The summed E-state index contributed by atoms with van der Waals surface area (Å²) in [6, 6.07) is 7.43. The number of aromatic amines is 1. The molecule has 4 aliphatic rings. The lowest BCUT2D eigenvalue weighted by Crippen LogP contribution is -2.55. The number of nitrogens with one attached hydrogen (secondary N) is 2. The van der Waals surface area contributed by atoms with E-state index >= 15 is 0 Å². The highest BCUT2D eigenvalue weighted by molar-refractivity contribution is 5.99. The smallest absolute Gasteiger partial charge is 0.410 e. The quantitative estimate of drug-likeness (QED) is 0.145. The number of benzene rings is 2. The number of nitrogens with zero attached hydrogens (tertiary/aromatic N) is 3. The number of ether oxygens (including phenoxy) is 4. The first-order chi connectivity index (χ1) is 27.0. The minimum Gasteiger partial charge on any atom is -0.488 e. The van der Waals surface area contributed by atoms with E-state index in [1.165, 1.54) is 12.0 Å². The molecule has 3 aromatic rings. The van der Waals surface area contributed by atoms with Crippen LogP contribution in [0, 0.1) is 11.8 Å². The number of carbonyl (C=O) groups excluding carboxylic acids is 5. The Labute approximate surface area is 333 Å². The second kappa shape index (κ2) is 15.5. The van der Waals surface area contributed by atoms with Crippen molar-refractivity contribution in [2.45, 2.75) is 117 Å². The SMILES string of the molecule is COC(=O)N[C@H](C(=O)N1[C@@H](C)CC[C@H]1C(=O)OCC(=O)c1ccc2c(c1)COc1cc3c(cc1-2)CCc1nc([C@@H]2C[C@H](C)CN2C(=O)OC(C)(C)C)[nH]c1-3)C(C)C. The number of methoxy groups -OCH3 is 1. The van der Waals surface area contributed by atoms with E-state index < -0.39 is 42.3 Å². The summed E-state index contributed by atoms with van der Waals surface area (Å²) < 4.78 is 22.2. The zero-order chi connectivity index (χ0) is 40.9. The highest BCUT2D eigenvalue weighted by atomic mass is 16.6. The van der Waals surface area contributed by atoms with Crippen LogP contribution < -0.4 is 10.1 Å². The normalized spacial score (nSPS) is 21.4. The molecule has 0 unspecified atom stereocenters. The lowest BCUT2D eigenvalue weighted by Gasteiger charge is -2.32. The van der Waals surface area contributed by atoms with Crippen LogP contribution in [0.5, 0.6) is 5.75 Å². The highest BCUT2D eigenvalue weighted by Gasteiger charge is 2.44. The number of ketones is 1. The van der Waals surface area contributed by atoms with E-state index in [0.29, 0.717) is 30.9 Å². The number of hydrogen-bond acceptors (Lipinski definition) is 10. The molecule has 0 bridgehead atoms. The van der Waals surface area contributed by atoms with E-state index in [4.69, 9.17) is 23.9 Å². The zero-order valence-electron chi connectivity index (χ0n) is 34.0. The lowest BCUT2D eigenvalue weighted by molar-refractivity contribution is -0.154. The molecule has 0 radical (unpaired) electrons. The summed E-state index contributed by atoms with van der Waals surface area (Å²) in [6.45, 7) is 13.6. The molecular formula is C43H53N5O9. The van der Waals surface area contributed by atoms with Gasteiger partial charge < -0.3 is 34.1 Å². The Bertz CT molecular complexity index is 2100. The van der Waals surface area contributed by atoms with Gasteiger partial charge in [-0.15, -0.1) is 0 Å². The van der Waals surface area contributed by atoms with Crippen molar-refractivity contribution in [3.63, 3.8) is 0 Å². The molecule has 0 spiro atoms. The van der Waals surface area contributed by atoms with Crippen LogP contribution in [0.1, 0.15) is 107 Å².